The van der Waals surface area contributed by atoms with Crippen LogP contribution < -0.4 is 0 Å². The van der Waals surface area contributed by atoms with Gasteiger partial charge in [-0.2, -0.15) is 5.26 Å². The average molecular weight is 232 g/mol. The summed E-state index contributed by atoms with van der Waals surface area (Å²) >= 11 is 1.38. The van der Waals surface area contributed by atoms with Crippen molar-refractivity contribution in [2.75, 3.05) is 0 Å². The van der Waals surface area contributed by atoms with Crippen LogP contribution in [0.3, 0.4) is 0 Å². The van der Waals surface area contributed by atoms with Gasteiger partial charge in [0.1, 0.15) is 10.8 Å². The van der Waals surface area contributed by atoms with E-state index in [1.165, 1.54) is 17.4 Å². The van der Waals surface area contributed by atoms with Gasteiger partial charge < -0.3 is 0 Å². The van der Waals surface area contributed by atoms with Crippen molar-refractivity contribution in [3.63, 3.8) is 0 Å². The van der Waals surface area contributed by atoms with Crippen molar-refractivity contribution in [2.24, 2.45) is 0 Å². The summed E-state index contributed by atoms with van der Waals surface area (Å²) in [5.74, 6) is -0.278. The van der Waals surface area contributed by atoms with Crippen LogP contribution in [0.1, 0.15) is 10.6 Å². The molecule has 0 saturated carbocycles. The van der Waals surface area contributed by atoms with Gasteiger partial charge in [-0.1, -0.05) is 12.1 Å². The number of benzene rings is 1. The molecule has 4 heteroatoms. The van der Waals surface area contributed by atoms with Crippen molar-refractivity contribution < 1.29 is 4.39 Å². The molecule has 0 bridgehead atoms. The van der Waals surface area contributed by atoms with Crippen molar-refractivity contribution >= 4 is 11.3 Å². The number of aryl methyl sites for hydroxylation is 1. The average Bonchev–Trinajstić information content (AvgIpc) is 2.61. The number of thiazole rings is 1. The second-order valence-electron chi connectivity index (χ2n) is 3.34. The van der Waals surface area contributed by atoms with Gasteiger partial charge in [0.15, 0.2) is 0 Å². The molecule has 1 heterocycles. The number of hydrogen-bond donors (Lipinski definition) is 0. The zero-order chi connectivity index (χ0) is 11.5. The van der Waals surface area contributed by atoms with E-state index in [1.807, 2.05) is 6.92 Å². The van der Waals surface area contributed by atoms with Crippen LogP contribution in [0.25, 0.3) is 10.6 Å². The molecule has 0 aliphatic rings. The third kappa shape index (κ3) is 1.95. The van der Waals surface area contributed by atoms with Gasteiger partial charge in [0.25, 0.3) is 0 Å². The Morgan fingerprint density at radius 1 is 1.44 bits per heavy atom. The van der Waals surface area contributed by atoms with Crippen molar-refractivity contribution in [1.82, 2.24) is 4.98 Å². The van der Waals surface area contributed by atoms with E-state index in [9.17, 15) is 4.39 Å². The Morgan fingerprint density at radius 3 is 2.88 bits per heavy atom. The number of halogens is 1. The molecule has 0 saturated heterocycles. The molecule has 0 unspecified atom stereocenters. The molecule has 2 aromatic rings. The minimum Gasteiger partial charge on any atom is -0.241 e. The third-order valence-corrected chi connectivity index (χ3v) is 3.43. The lowest BCUT2D eigenvalue weighted by molar-refractivity contribution is 0.631. The lowest BCUT2D eigenvalue weighted by atomic mass is 10.2. The molecule has 0 radical (unpaired) electrons. The number of rotatable bonds is 2. The highest BCUT2D eigenvalue weighted by Crippen LogP contribution is 2.29. The van der Waals surface area contributed by atoms with E-state index in [-0.39, 0.29) is 5.82 Å². The lowest BCUT2D eigenvalue weighted by Crippen LogP contribution is -1.82. The van der Waals surface area contributed by atoms with Gasteiger partial charge in [0.2, 0.25) is 0 Å². The summed E-state index contributed by atoms with van der Waals surface area (Å²) in [6.45, 7) is 1.84. The quantitative estimate of drug-likeness (QED) is 0.796. The largest absolute Gasteiger partial charge is 0.241 e. The molecular weight excluding hydrogens is 223 g/mol. The lowest BCUT2D eigenvalue weighted by Gasteiger charge is -1.96. The second-order valence-corrected chi connectivity index (χ2v) is 4.43. The van der Waals surface area contributed by atoms with Gasteiger partial charge in [0.05, 0.1) is 18.2 Å². The molecule has 2 nitrogen and oxygen atoms in total. The van der Waals surface area contributed by atoms with Crippen molar-refractivity contribution in [3.05, 3.63) is 40.7 Å². The first-order valence-electron chi connectivity index (χ1n) is 4.80. The molecule has 1 aromatic carbocycles. The van der Waals surface area contributed by atoms with Gasteiger partial charge in [-0.05, 0) is 19.1 Å². The monoisotopic (exact) mass is 232 g/mol. The Balaban J connectivity index is 2.46. The Hall–Kier alpha value is -1.73. The number of hydrogen-bond acceptors (Lipinski definition) is 3. The number of aromatic nitrogens is 1. The highest BCUT2D eigenvalue weighted by molar-refractivity contribution is 7.15. The molecule has 80 valence electrons. The molecule has 0 fully saturated rings. The summed E-state index contributed by atoms with van der Waals surface area (Å²) in [7, 11) is 0. The van der Waals surface area contributed by atoms with E-state index < -0.39 is 0 Å². The Labute approximate surface area is 97.0 Å². The summed E-state index contributed by atoms with van der Waals surface area (Å²) < 4.78 is 13.5. The number of nitrogens with zero attached hydrogens (tertiary/aromatic N) is 2. The van der Waals surface area contributed by atoms with Crippen molar-refractivity contribution in [3.8, 4) is 16.6 Å². The minimum absolute atomic E-state index is 0.278. The summed E-state index contributed by atoms with van der Waals surface area (Å²) in [5, 5.41) is 9.27. The first-order valence-corrected chi connectivity index (χ1v) is 5.62. The van der Waals surface area contributed by atoms with Crippen LogP contribution in [0.2, 0.25) is 0 Å². The Bertz CT molecular complexity index is 554. The molecule has 0 N–H and O–H groups in total. The van der Waals surface area contributed by atoms with E-state index in [0.29, 0.717) is 17.0 Å². The summed E-state index contributed by atoms with van der Waals surface area (Å²) in [4.78, 5) is 5.19. The topological polar surface area (TPSA) is 36.7 Å². The van der Waals surface area contributed by atoms with E-state index in [1.54, 1.807) is 18.2 Å². The minimum atomic E-state index is -0.278. The van der Waals surface area contributed by atoms with E-state index in [4.69, 9.17) is 5.26 Å². The predicted molar refractivity (Wildman–Crippen MR) is 61.6 cm³/mol. The summed E-state index contributed by atoms with van der Waals surface area (Å²) in [6, 6.07) is 8.62. The maximum atomic E-state index is 13.5. The van der Waals surface area contributed by atoms with Crippen LogP contribution in [-0.2, 0) is 6.42 Å². The summed E-state index contributed by atoms with van der Waals surface area (Å²) in [6.07, 6.45) is 0.331. The second kappa shape index (κ2) is 4.42. The third-order valence-electron chi connectivity index (χ3n) is 2.24. The van der Waals surface area contributed by atoms with E-state index in [2.05, 4.69) is 11.1 Å². The highest BCUT2D eigenvalue weighted by Gasteiger charge is 2.11. The fourth-order valence-electron chi connectivity index (χ4n) is 1.41. The number of nitriles is 1. The van der Waals surface area contributed by atoms with Crippen LogP contribution in [0, 0.1) is 24.1 Å². The maximum absolute atomic E-state index is 13.5. The molecule has 0 atom stereocenters. The van der Waals surface area contributed by atoms with Gasteiger partial charge in [-0.15, -0.1) is 11.3 Å². The normalized spacial score (nSPS) is 10.1. The zero-order valence-corrected chi connectivity index (χ0v) is 9.51. The SMILES string of the molecule is Cc1nc(-c2ccccc2F)sc1CC#N. The fourth-order valence-corrected chi connectivity index (χ4v) is 2.44. The molecule has 1 aromatic heterocycles. The fraction of sp³-hybridized carbons (Fsp3) is 0.167. The Morgan fingerprint density at radius 2 is 2.19 bits per heavy atom. The van der Waals surface area contributed by atoms with Gasteiger partial charge in [-0.25, -0.2) is 9.37 Å². The maximum Gasteiger partial charge on any atom is 0.133 e. The van der Waals surface area contributed by atoms with Crippen molar-refractivity contribution in [2.45, 2.75) is 13.3 Å². The molecule has 2 rings (SSSR count). The highest BCUT2D eigenvalue weighted by atomic mass is 32.1. The first-order chi connectivity index (χ1) is 7.72. The van der Waals surface area contributed by atoms with E-state index in [0.717, 1.165) is 10.6 Å². The van der Waals surface area contributed by atoms with Gasteiger partial charge in [-0.3, -0.25) is 0 Å². The standard InChI is InChI=1S/C12H9FN2S/c1-8-11(6-7-14)16-12(15-8)9-4-2-3-5-10(9)13/h2-5H,6H2,1H3. The van der Waals surface area contributed by atoms with Crippen LogP contribution in [0.5, 0.6) is 0 Å². The predicted octanol–water partition coefficient (Wildman–Crippen LogP) is 3.32. The van der Waals surface area contributed by atoms with Crippen LogP contribution in [-0.4, -0.2) is 4.98 Å². The van der Waals surface area contributed by atoms with E-state index >= 15 is 0 Å². The molecule has 0 aliphatic carbocycles. The molecule has 16 heavy (non-hydrogen) atoms. The molecule has 0 aliphatic heterocycles. The molecular formula is C12H9FN2S. The van der Waals surface area contributed by atoms with Crippen LogP contribution in [0.15, 0.2) is 24.3 Å². The first kappa shape index (κ1) is 10.8. The Kier molecular flexibility index (Phi) is 2.97. The van der Waals surface area contributed by atoms with Crippen LogP contribution in [0.4, 0.5) is 4.39 Å². The zero-order valence-electron chi connectivity index (χ0n) is 8.70. The molecule has 0 spiro atoms. The van der Waals surface area contributed by atoms with Gasteiger partial charge in [0, 0.05) is 10.4 Å². The molecule has 0 amide bonds. The van der Waals surface area contributed by atoms with Crippen LogP contribution >= 0.6 is 11.3 Å². The smallest absolute Gasteiger partial charge is 0.133 e. The van der Waals surface area contributed by atoms with Gasteiger partial charge >= 0.3 is 0 Å². The van der Waals surface area contributed by atoms with Crippen molar-refractivity contribution in [1.29, 1.82) is 5.26 Å². The summed E-state index contributed by atoms with van der Waals surface area (Å²) in [5.41, 5.74) is 1.31.